The Kier molecular flexibility index (Phi) is 29.1. The largest absolute Gasteiger partial charge is 0.405 e. The van der Waals surface area contributed by atoms with Gasteiger partial charge in [0.25, 0.3) is 8.32 Å². The molecule has 0 saturated heterocycles. The number of rotatable bonds is 36. The number of nitrogens with one attached hydrogen (secondary N) is 1. The van der Waals surface area contributed by atoms with E-state index in [0.29, 0.717) is 6.42 Å². The molecule has 0 bridgehead atoms. The quantitative estimate of drug-likeness (QED) is 0.0410. The van der Waals surface area contributed by atoms with E-state index in [1.807, 2.05) is 6.08 Å². The molecule has 0 heterocycles. The third-order valence-electron chi connectivity index (χ3n) is 12.0. The predicted molar refractivity (Wildman–Crippen MR) is 251 cm³/mol. The lowest BCUT2D eigenvalue weighted by Crippen LogP contribution is -2.67. The standard InChI is InChI=1S/C52H89NO3Si/c1-6-8-10-12-14-16-18-20-21-23-25-27-29-31-39-45-51(55)53-49(50(54)44-38-30-28-26-24-22-19-17-15-13-11-9-7-2)46-56-57(52(3,4)5,47-40-34-32-35-41-47)48-42-36-33-37-43-48/h32-38,40-44,49-50,54H,6-31,39,45-46H2,1-5H3,(H,53,55)/b44-38+/t49-,50+/m0/s1. The van der Waals surface area contributed by atoms with Gasteiger partial charge in [-0.05, 0) is 34.7 Å². The van der Waals surface area contributed by atoms with E-state index in [1.54, 1.807) is 0 Å². The van der Waals surface area contributed by atoms with Crippen molar-refractivity contribution in [2.75, 3.05) is 6.61 Å². The van der Waals surface area contributed by atoms with Crippen LogP contribution >= 0.6 is 0 Å². The van der Waals surface area contributed by atoms with Crippen LogP contribution < -0.4 is 15.7 Å². The zero-order chi connectivity index (χ0) is 41.3. The van der Waals surface area contributed by atoms with Gasteiger partial charge in [0.2, 0.25) is 5.91 Å². The molecule has 0 saturated carbocycles. The van der Waals surface area contributed by atoms with E-state index in [9.17, 15) is 9.90 Å². The van der Waals surface area contributed by atoms with Gasteiger partial charge in [0.05, 0.1) is 18.8 Å². The highest BCUT2D eigenvalue weighted by Gasteiger charge is 2.50. The average molecular weight is 804 g/mol. The van der Waals surface area contributed by atoms with Gasteiger partial charge >= 0.3 is 0 Å². The highest BCUT2D eigenvalue weighted by Crippen LogP contribution is 2.37. The van der Waals surface area contributed by atoms with E-state index in [2.05, 4.69) is 107 Å². The number of allylic oxidation sites excluding steroid dienone is 1. The minimum atomic E-state index is -2.83. The second kappa shape index (κ2) is 32.6. The van der Waals surface area contributed by atoms with Gasteiger partial charge in [-0.25, -0.2) is 0 Å². The lowest BCUT2D eigenvalue weighted by molar-refractivity contribution is -0.122. The third kappa shape index (κ3) is 22.1. The summed E-state index contributed by atoms with van der Waals surface area (Å²) in [5.41, 5.74) is 0. The van der Waals surface area contributed by atoms with Crippen LogP contribution in [0.15, 0.2) is 72.8 Å². The first-order chi connectivity index (χ1) is 27.8. The van der Waals surface area contributed by atoms with Crippen LogP contribution in [0.1, 0.15) is 214 Å². The van der Waals surface area contributed by atoms with Crippen molar-refractivity contribution in [2.24, 2.45) is 0 Å². The molecule has 0 unspecified atom stereocenters. The molecule has 0 aliphatic carbocycles. The summed E-state index contributed by atoms with van der Waals surface area (Å²) in [7, 11) is -2.83. The summed E-state index contributed by atoms with van der Waals surface area (Å²) in [5, 5.41) is 17.1. The maximum Gasteiger partial charge on any atom is 0.261 e. The summed E-state index contributed by atoms with van der Waals surface area (Å²) < 4.78 is 7.23. The third-order valence-corrected chi connectivity index (χ3v) is 17.0. The van der Waals surface area contributed by atoms with E-state index < -0.39 is 20.5 Å². The predicted octanol–water partition coefficient (Wildman–Crippen LogP) is 13.9. The Bertz CT molecular complexity index is 1200. The number of hydrogen-bond donors (Lipinski definition) is 2. The molecule has 57 heavy (non-hydrogen) atoms. The highest BCUT2D eigenvalue weighted by molar-refractivity contribution is 6.99. The summed E-state index contributed by atoms with van der Waals surface area (Å²) in [4.78, 5) is 13.5. The van der Waals surface area contributed by atoms with Crippen LogP contribution in [0.4, 0.5) is 0 Å². The molecule has 4 nitrogen and oxygen atoms in total. The molecule has 5 heteroatoms. The minimum Gasteiger partial charge on any atom is -0.405 e. The summed E-state index contributed by atoms with van der Waals surface area (Å²) in [5.74, 6) is 0.0126. The molecule has 1 amide bonds. The van der Waals surface area contributed by atoms with Gasteiger partial charge in [-0.1, -0.05) is 262 Å². The lowest BCUT2D eigenvalue weighted by Gasteiger charge is -2.44. The Morgan fingerprint density at radius 1 is 0.596 bits per heavy atom. The van der Waals surface area contributed by atoms with E-state index in [4.69, 9.17) is 4.43 Å². The summed E-state index contributed by atoms with van der Waals surface area (Å²) in [6.45, 7) is 11.6. The molecule has 0 aliphatic rings. The molecule has 2 N–H and O–H groups in total. The summed E-state index contributed by atoms with van der Waals surface area (Å²) in [6, 6.07) is 20.7. The van der Waals surface area contributed by atoms with E-state index >= 15 is 0 Å². The van der Waals surface area contributed by atoms with Gasteiger partial charge in [-0.15, -0.1) is 0 Å². The Morgan fingerprint density at radius 3 is 1.35 bits per heavy atom. The number of aliphatic hydroxyl groups is 1. The SMILES string of the molecule is CCCCCCCCCCCCC/C=C/[C@@H](O)[C@H](CO[Si](c1ccccc1)(c1ccccc1)C(C)(C)C)NC(=O)CCCCCCCCCCCCCCCCC. The number of carbonyl (C=O) groups excluding carboxylic acids is 1. The van der Waals surface area contributed by atoms with Crippen LogP contribution in [0.5, 0.6) is 0 Å². The number of carbonyl (C=O) groups is 1. The fourth-order valence-electron chi connectivity index (χ4n) is 8.43. The van der Waals surface area contributed by atoms with Crippen molar-refractivity contribution in [3.05, 3.63) is 72.8 Å². The van der Waals surface area contributed by atoms with Crippen LogP contribution in [0.25, 0.3) is 0 Å². The van der Waals surface area contributed by atoms with E-state index in [0.717, 1.165) is 25.7 Å². The molecular formula is C52H89NO3Si. The molecule has 2 aromatic rings. The van der Waals surface area contributed by atoms with E-state index in [1.165, 1.54) is 158 Å². The summed E-state index contributed by atoms with van der Waals surface area (Å²) in [6.07, 6.45) is 38.8. The first kappa shape index (κ1) is 50.9. The van der Waals surface area contributed by atoms with Crippen molar-refractivity contribution >= 4 is 24.6 Å². The fraction of sp³-hybridized carbons (Fsp3) is 0.712. The molecular weight excluding hydrogens is 715 g/mol. The fourth-order valence-corrected chi connectivity index (χ4v) is 13.0. The molecule has 324 valence electrons. The molecule has 2 aromatic carbocycles. The number of amides is 1. The van der Waals surface area contributed by atoms with Crippen LogP contribution in [0.2, 0.25) is 5.04 Å². The average Bonchev–Trinajstić information content (AvgIpc) is 3.21. The van der Waals surface area contributed by atoms with Gasteiger partial charge in [0.1, 0.15) is 0 Å². The first-order valence-electron chi connectivity index (χ1n) is 24.1. The Balaban J connectivity index is 1.92. The van der Waals surface area contributed by atoms with Crippen molar-refractivity contribution in [2.45, 2.75) is 232 Å². The number of aliphatic hydroxyl groups excluding tert-OH is 1. The number of benzene rings is 2. The van der Waals surface area contributed by atoms with Crippen molar-refractivity contribution in [3.8, 4) is 0 Å². The molecule has 0 fully saturated rings. The maximum absolute atomic E-state index is 13.5. The van der Waals surface area contributed by atoms with Gasteiger partial charge in [0.15, 0.2) is 0 Å². The maximum atomic E-state index is 13.5. The zero-order valence-electron chi connectivity index (χ0n) is 37.9. The highest BCUT2D eigenvalue weighted by atomic mass is 28.4. The van der Waals surface area contributed by atoms with Gasteiger partial charge < -0.3 is 14.8 Å². The molecule has 2 atom stereocenters. The van der Waals surface area contributed by atoms with Gasteiger partial charge in [0, 0.05) is 6.42 Å². The van der Waals surface area contributed by atoms with Crippen LogP contribution in [0.3, 0.4) is 0 Å². The number of hydrogen-bond acceptors (Lipinski definition) is 3. The van der Waals surface area contributed by atoms with E-state index in [-0.39, 0.29) is 17.6 Å². The lowest BCUT2D eigenvalue weighted by atomic mass is 10.0. The molecule has 0 aromatic heterocycles. The van der Waals surface area contributed by atoms with Crippen LogP contribution in [-0.4, -0.2) is 38.1 Å². The Hall–Kier alpha value is -2.21. The topological polar surface area (TPSA) is 58.6 Å². The minimum absolute atomic E-state index is 0.0126. The smallest absolute Gasteiger partial charge is 0.261 e. The zero-order valence-corrected chi connectivity index (χ0v) is 38.9. The number of unbranched alkanes of at least 4 members (excludes halogenated alkanes) is 25. The first-order valence-corrected chi connectivity index (χ1v) is 26.1. The van der Waals surface area contributed by atoms with Crippen molar-refractivity contribution in [1.82, 2.24) is 5.32 Å². The summed E-state index contributed by atoms with van der Waals surface area (Å²) >= 11 is 0. The Labute approximate surface area is 354 Å². The molecule has 0 radical (unpaired) electrons. The van der Waals surface area contributed by atoms with Crippen molar-refractivity contribution < 1.29 is 14.3 Å². The monoisotopic (exact) mass is 804 g/mol. The molecule has 2 rings (SSSR count). The van der Waals surface area contributed by atoms with Crippen LogP contribution in [-0.2, 0) is 9.22 Å². The Morgan fingerprint density at radius 2 is 0.965 bits per heavy atom. The molecule has 0 spiro atoms. The van der Waals surface area contributed by atoms with Gasteiger partial charge in [-0.3, -0.25) is 4.79 Å². The van der Waals surface area contributed by atoms with Crippen molar-refractivity contribution in [1.29, 1.82) is 0 Å². The van der Waals surface area contributed by atoms with Crippen molar-refractivity contribution in [3.63, 3.8) is 0 Å². The normalized spacial score (nSPS) is 13.3. The van der Waals surface area contributed by atoms with Gasteiger partial charge in [-0.2, -0.15) is 0 Å². The second-order valence-corrected chi connectivity index (χ2v) is 22.4. The second-order valence-electron chi connectivity index (χ2n) is 18.1. The van der Waals surface area contributed by atoms with Crippen LogP contribution in [0, 0.1) is 0 Å². The molecule has 0 aliphatic heterocycles.